The summed E-state index contributed by atoms with van der Waals surface area (Å²) in [4.78, 5) is 36.5. The van der Waals surface area contributed by atoms with Gasteiger partial charge in [-0.05, 0) is 54.1 Å². The Hall–Kier alpha value is -4.53. The van der Waals surface area contributed by atoms with E-state index in [2.05, 4.69) is 10.6 Å². The molecule has 31 heavy (non-hydrogen) atoms. The first kappa shape index (κ1) is 19.8. The van der Waals surface area contributed by atoms with E-state index in [9.17, 15) is 14.4 Å². The van der Waals surface area contributed by atoms with E-state index in [1.165, 1.54) is 42.7 Å². The lowest BCUT2D eigenvalue weighted by atomic mass is 10.1. The molecule has 0 saturated heterocycles. The van der Waals surface area contributed by atoms with Gasteiger partial charge in [0.15, 0.2) is 17.3 Å². The molecule has 1 aliphatic heterocycles. The van der Waals surface area contributed by atoms with Crippen molar-refractivity contribution in [3.8, 4) is 11.5 Å². The van der Waals surface area contributed by atoms with Gasteiger partial charge in [0.2, 0.25) is 6.79 Å². The van der Waals surface area contributed by atoms with Crippen molar-refractivity contribution in [1.82, 2.24) is 5.32 Å². The lowest BCUT2D eigenvalue weighted by Crippen LogP contribution is -2.30. The SMILES string of the molecule is O=C(Nc1cccc(C(=O)O)c1)/C(=C\c1ccc2c(c1)OCO2)NC(=O)c1ccco1. The van der Waals surface area contributed by atoms with Crippen molar-refractivity contribution in [3.63, 3.8) is 0 Å². The van der Waals surface area contributed by atoms with Crippen LogP contribution >= 0.6 is 0 Å². The lowest BCUT2D eigenvalue weighted by Gasteiger charge is -2.11. The van der Waals surface area contributed by atoms with Crippen LogP contribution in [0.1, 0.15) is 26.5 Å². The minimum Gasteiger partial charge on any atom is -0.478 e. The Labute approximate surface area is 175 Å². The van der Waals surface area contributed by atoms with Gasteiger partial charge < -0.3 is 29.6 Å². The number of anilines is 1. The second-order valence-electron chi connectivity index (χ2n) is 6.44. The molecule has 2 heterocycles. The summed E-state index contributed by atoms with van der Waals surface area (Å²) in [5, 5.41) is 14.2. The maximum absolute atomic E-state index is 12.9. The molecular formula is C22H16N2O7. The van der Waals surface area contributed by atoms with Gasteiger partial charge in [-0.1, -0.05) is 12.1 Å². The van der Waals surface area contributed by atoms with E-state index in [-0.39, 0.29) is 29.5 Å². The van der Waals surface area contributed by atoms with Crippen molar-refractivity contribution < 1.29 is 33.4 Å². The second-order valence-corrected chi connectivity index (χ2v) is 6.44. The van der Waals surface area contributed by atoms with Crippen LogP contribution in [0, 0.1) is 0 Å². The average molecular weight is 420 g/mol. The molecule has 1 aliphatic rings. The van der Waals surface area contributed by atoms with E-state index in [1.807, 2.05) is 0 Å². The monoisotopic (exact) mass is 420 g/mol. The number of aromatic carboxylic acids is 1. The predicted molar refractivity (Wildman–Crippen MR) is 109 cm³/mol. The number of amides is 2. The Morgan fingerprint density at radius 1 is 0.968 bits per heavy atom. The summed E-state index contributed by atoms with van der Waals surface area (Å²) >= 11 is 0. The number of rotatable bonds is 6. The highest BCUT2D eigenvalue weighted by Crippen LogP contribution is 2.33. The number of hydrogen-bond donors (Lipinski definition) is 3. The van der Waals surface area contributed by atoms with Crippen LogP contribution in [0.15, 0.2) is 71.0 Å². The summed E-state index contributed by atoms with van der Waals surface area (Å²) in [6, 6.07) is 13.8. The van der Waals surface area contributed by atoms with Crippen LogP contribution in [0.5, 0.6) is 11.5 Å². The summed E-state index contributed by atoms with van der Waals surface area (Å²) in [5.74, 6) is -1.28. The largest absolute Gasteiger partial charge is 0.478 e. The predicted octanol–water partition coefficient (Wildman–Crippen LogP) is 3.12. The van der Waals surface area contributed by atoms with Crippen molar-refractivity contribution in [2.75, 3.05) is 12.1 Å². The van der Waals surface area contributed by atoms with Crippen LogP contribution in [0.2, 0.25) is 0 Å². The van der Waals surface area contributed by atoms with Crippen LogP contribution in [-0.2, 0) is 4.79 Å². The van der Waals surface area contributed by atoms with Gasteiger partial charge in [-0.15, -0.1) is 0 Å². The molecule has 2 amide bonds. The number of benzene rings is 2. The van der Waals surface area contributed by atoms with Crippen LogP contribution in [0.3, 0.4) is 0 Å². The molecule has 3 N–H and O–H groups in total. The minimum atomic E-state index is -1.13. The van der Waals surface area contributed by atoms with Gasteiger partial charge in [-0.25, -0.2) is 4.79 Å². The lowest BCUT2D eigenvalue weighted by molar-refractivity contribution is -0.113. The fraction of sp³-hybridized carbons (Fsp3) is 0.0455. The smallest absolute Gasteiger partial charge is 0.335 e. The normalized spacial score (nSPS) is 12.3. The first-order valence-electron chi connectivity index (χ1n) is 9.10. The van der Waals surface area contributed by atoms with Gasteiger partial charge in [-0.3, -0.25) is 9.59 Å². The molecule has 2 aromatic carbocycles. The van der Waals surface area contributed by atoms with Gasteiger partial charge in [0.25, 0.3) is 11.8 Å². The van der Waals surface area contributed by atoms with E-state index in [0.717, 1.165) is 0 Å². The summed E-state index contributed by atoms with van der Waals surface area (Å²) in [5.41, 5.74) is 0.766. The van der Waals surface area contributed by atoms with E-state index in [1.54, 1.807) is 24.3 Å². The fourth-order valence-electron chi connectivity index (χ4n) is 2.85. The topological polar surface area (TPSA) is 127 Å². The number of carboxylic acid groups (broad SMARTS) is 1. The molecule has 0 fully saturated rings. The quantitative estimate of drug-likeness (QED) is 0.523. The molecule has 4 rings (SSSR count). The molecule has 0 atom stereocenters. The zero-order valence-corrected chi connectivity index (χ0v) is 16.0. The minimum absolute atomic E-state index is 0.0127. The van der Waals surface area contributed by atoms with Gasteiger partial charge >= 0.3 is 5.97 Å². The number of carbonyl (C=O) groups is 3. The molecule has 1 aromatic heterocycles. The maximum atomic E-state index is 12.9. The van der Waals surface area contributed by atoms with Crippen LogP contribution < -0.4 is 20.1 Å². The van der Waals surface area contributed by atoms with E-state index in [0.29, 0.717) is 17.1 Å². The number of ether oxygens (including phenoxy) is 2. The molecule has 0 radical (unpaired) electrons. The Kier molecular flexibility index (Phi) is 5.39. The Bertz CT molecular complexity index is 1180. The number of hydrogen-bond acceptors (Lipinski definition) is 6. The zero-order valence-electron chi connectivity index (χ0n) is 16.0. The molecule has 0 unspecified atom stereocenters. The number of fused-ring (bicyclic) bond motifs is 1. The van der Waals surface area contributed by atoms with Gasteiger partial charge in [0.05, 0.1) is 11.8 Å². The summed E-state index contributed by atoms with van der Waals surface area (Å²) in [7, 11) is 0. The third-order valence-corrected chi connectivity index (χ3v) is 4.31. The molecular weight excluding hydrogens is 404 g/mol. The molecule has 9 heteroatoms. The van der Waals surface area contributed by atoms with Gasteiger partial charge in [-0.2, -0.15) is 0 Å². The highest BCUT2D eigenvalue weighted by Gasteiger charge is 2.18. The zero-order chi connectivity index (χ0) is 21.8. The molecule has 0 spiro atoms. The molecule has 3 aromatic rings. The molecule has 0 aliphatic carbocycles. The van der Waals surface area contributed by atoms with Crippen molar-refractivity contribution in [2.24, 2.45) is 0 Å². The second kappa shape index (κ2) is 8.46. The number of carbonyl (C=O) groups excluding carboxylic acids is 2. The van der Waals surface area contributed by atoms with E-state index < -0.39 is 17.8 Å². The Morgan fingerprint density at radius 2 is 1.81 bits per heavy atom. The molecule has 9 nitrogen and oxygen atoms in total. The third kappa shape index (κ3) is 4.56. The summed E-state index contributed by atoms with van der Waals surface area (Å²) in [6.45, 7) is 0.102. The standard InChI is InChI=1S/C22H16N2O7/c25-20(23-15-4-1-3-14(11-15)22(27)28)16(24-21(26)18-5-2-8-29-18)9-13-6-7-17-19(10-13)31-12-30-17/h1-11H,12H2,(H,23,25)(H,24,26)(H,27,28)/b16-9+. The highest BCUT2D eigenvalue weighted by molar-refractivity contribution is 6.10. The first-order chi connectivity index (χ1) is 15.0. The first-order valence-corrected chi connectivity index (χ1v) is 9.10. The summed E-state index contributed by atoms with van der Waals surface area (Å²) in [6.07, 6.45) is 2.80. The highest BCUT2D eigenvalue weighted by atomic mass is 16.7. The van der Waals surface area contributed by atoms with Crippen molar-refractivity contribution in [3.05, 3.63) is 83.4 Å². The molecule has 0 saturated carbocycles. The molecule has 156 valence electrons. The Balaban J connectivity index is 1.62. The molecule has 0 bridgehead atoms. The van der Waals surface area contributed by atoms with Crippen molar-refractivity contribution >= 4 is 29.5 Å². The number of nitrogens with one attached hydrogen (secondary N) is 2. The van der Waals surface area contributed by atoms with Crippen molar-refractivity contribution in [2.45, 2.75) is 0 Å². The number of carboxylic acids is 1. The number of furan rings is 1. The van der Waals surface area contributed by atoms with Crippen LogP contribution in [0.4, 0.5) is 5.69 Å². The van der Waals surface area contributed by atoms with E-state index in [4.69, 9.17) is 19.0 Å². The van der Waals surface area contributed by atoms with Crippen LogP contribution in [-0.4, -0.2) is 29.7 Å². The average Bonchev–Trinajstić information content (AvgIpc) is 3.45. The Morgan fingerprint density at radius 3 is 2.58 bits per heavy atom. The van der Waals surface area contributed by atoms with Crippen molar-refractivity contribution in [1.29, 1.82) is 0 Å². The fourth-order valence-corrected chi connectivity index (χ4v) is 2.85. The third-order valence-electron chi connectivity index (χ3n) is 4.31. The van der Waals surface area contributed by atoms with Gasteiger partial charge in [0, 0.05) is 5.69 Å². The van der Waals surface area contributed by atoms with E-state index >= 15 is 0 Å². The van der Waals surface area contributed by atoms with Crippen LogP contribution in [0.25, 0.3) is 6.08 Å². The summed E-state index contributed by atoms with van der Waals surface area (Å²) < 4.78 is 15.7. The van der Waals surface area contributed by atoms with Gasteiger partial charge in [0.1, 0.15) is 5.70 Å². The maximum Gasteiger partial charge on any atom is 0.335 e.